The van der Waals surface area contributed by atoms with Crippen molar-refractivity contribution >= 4 is 23.5 Å². The molecule has 1 amide bonds. The lowest BCUT2D eigenvalue weighted by Crippen LogP contribution is -2.22. The van der Waals surface area contributed by atoms with Crippen LogP contribution in [0.1, 0.15) is 41.5 Å². The van der Waals surface area contributed by atoms with Crippen molar-refractivity contribution in [3.63, 3.8) is 0 Å². The summed E-state index contributed by atoms with van der Waals surface area (Å²) in [6.45, 7) is 5.24. The van der Waals surface area contributed by atoms with Gasteiger partial charge < -0.3 is 19.5 Å². The van der Waals surface area contributed by atoms with Gasteiger partial charge in [0.1, 0.15) is 5.75 Å². The topological polar surface area (TPSA) is 90.9 Å². The summed E-state index contributed by atoms with van der Waals surface area (Å²) in [5.74, 6) is -1.10. The second kappa shape index (κ2) is 10.1. The molecule has 1 N–H and O–H groups in total. The highest BCUT2D eigenvalue weighted by Crippen LogP contribution is 2.17. The lowest BCUT2D eigenvalue weighted by molar-refractivity contribution is -0.119. The van der Waals surface area contributed by atoms with Crippen LogP contribution in [0.4, 0.5) is 5.69 Å². The van der Waals surface area contributed by atoms with Gasteiger partial charge in [0.2, 0.25) is 0 Å². The summed E-state index contributed by atoms with van der Waals surface area (Å²) in [5.41, 5.74) is 0.817. The molecule has 2 rings (SSSR count). The Morgan fingerprint density at radius 1 is 0.929 bits per heavy atom. The first-order valence-electron chi connectivity index (χ1n) is 8.90. The first-order chi connectivity index (χ1) is 13.4. The van der Waals surface area contributed by atoms with Crippen LogP contribution in [0.15, 0.2) is 48.5 Å². The zero-order chi connectivity index (χ0) is 20.5. The summed E-state index contributed by atoms with van der Waals surface area (Å²) in [7, 11) is 0. The van der Waals surface area contributed by atoms with Crippen LogP contribution in [0, 0.1) is 0 Å². The Labute approximate surface area is 163 Å². The van der Waals surface area contributed by atoms with E-state index in [-0.39, 0.29) is 24.0 Å². The van der Waals surface area contributed by atoms with Crippen LogP contribution in [-0.2, 0) is 14.3 Å². The van der Waals surface area contributed by atoms with Crippen molar-refractivity contribution in [1.82, 2.24) is 0 Å². The van der Waals surface area contributed by atoms with Crippen LogP contribution >= 0.6 is 0 Å². The standard InChI is InChI=1S/C21H23NO6/c1-4-26-21(25)17-7-5-6-8-18(17)22-19(23)13-27-20(24)15-9-11-16(12-10-15)28-14(2)3/h5-12,14H,4,13H2,1-3H3,(H,22,23). The molecule has 0 aromatic heterocycles. The van der Waals surface area contributed by atoms with Crippen LogP contribution in [-0.4, -0.2) is 37.2 Å². The summed E-state index contributed by atoms with van der Waals surface area (Å²) in [4.78, 5) is 36.1. The molecule has 0 saturated carbocycles. The monoisotopic (exact) mass is 385 g/mol. The Bertz CT molecular complexity index is 829. The summed E-state index contributed by atoms with van der Waals surface area (Å²) in [5, 5.41) is 2.55. The third kappa shape index (κ3) is 6.12. The highest BCUT2D eigenvalue weighted by atomic mass is 16.5. The van der Waals surface area contributed by atoms with Crippen molar-refractivity contribution in [3.8, 4) is 5.75 Å². The number of carbonyl (C=O) groups is 3. The maximum atomic E-state index is 12.1. The van der Waals surface area contributed by atoms with Gasteiger partial charge in [-0.1, -0.05) is 12.1 Å². The third-order valence-corrected chi connectivity index (χ3v) is 3.49. The van der Waals surface area contributed by atoms with Gasteiger partial charge in [-0.3, -0.25) is 4.79 Å². The van der Waals surface area contributed by atoms with Crippen molar-refractivity contribution in [2.45, 2.75) is 26.9 Å². The molecule has 0 fully saturated rings. The molecule has 0 aliphatic heterocycles. The largest absolute Gasteiger partial charge is 0.491 e. The predicted octanol–water partition coefficient (Wildman–Crippen LogP) is 3.45. The maximum Gasteiger partial charge on any atom is 0.340 e. The highest BCUT2D eigenvalue weighted by Gasteiger charge is 2.15. The molecule has 0 bridgehead atoms. The number of rotatable bonds is 8. The molecule has 0 aliphatic rings. The summed E-state index contributed by atoms with van der Waals surface area (Å²) >= 11 is 0. The highest BCUT2D eigenvalue weighted by molar-refractivity contribution is 6.02. The number of carbonyl (C=O) groups excluding carboxylic acids is 3. The van der Waals surface area contributed by atoms with E-state index in [0.29, 0.717) is 11.3 Å². The van der Waals surface area contributed by atoms with E-state index in [0.717, 1.165) is 0 Å². The first kappa shape index (κ1) is 21.0. The maximum absolute atomic E-state index is 12.1. The normalized spacial score (nSPS) is 10.3. The van der Waals surface area contributed by atoms with E-state index < -0.39 is 24.5 Å². The Hall–Kier alpha value is -3.35. The number of ether oxygens (including phenoxy) is 3. The summed E-state index contributed by atoms with van der Waals surface area (Å²) < 4.78 is 15.5. The number of esters is 2. The SMILES string of the molecule is CCOC(=O)c1ccccc1NC(=O)COC(=O)c1ccc(OC(C)C)cc1. The van der Waals surface area contributed by atoms with E-state index in [1.165, 1.54) is 0 Å². The zero-order valence-electron chi connectivity index (χ0n) is 16.1. The van der Waals surface area contributed by atoms with Crippen LogP contribution in [0.3, 0.4) is 0 Å². The van der Waals surface area contributed by atoms with Crippen molar-refractivity contribution in [3.05, 3.63) is 59.7 Å². The second-order valence-electron chi connectivity index (χ2n) is 6.08. The number of hydrogen-bond acceptors (Lipinski definition) is 6. The molecule has 28 heavy (non-hydrogen) atoms. The molecule has 0 radical (unpaired) electrons. The molecule has 2 aromatic carbocycles. The molecule has 0 atom stereocenters. The fourth-order valence-electron chi connectivity index (χ4n) is 2.32. The minimum absolute atomic E-state index is 0.0268. The molecule has 2 aromatic rings. The van der Waals surface area contributed by atoms with E-state index in [9.17, 15) is 14.4 Å². The summed E-state index contributed by atoms with van der Waals surface area (Å²) in [6, 6.07) is 12.9. The number of nitrogens with one attached hydrogen (secondary N) is 1. The number of anilines is 1. The molecule has 0 spiro atoms. The lowest BCUT2D eigenvalue weighted by Gasteiger charge is -2.11. The van der Waals surface area contributed by atoms with Crippen molar-refractivity contribution < 1.29 is 28.6 Å². The Balaban J connectivity index is 1.92. The van der Waals surface area contributed by atoms with E-state index in [1.807, 2.05) is 13.8 Å². The van der Waals surface area contributed by atoms with Gasteiger partial charge in [0.25, 0.3) is 5.91 Å². The van der Waals surface area contributed by atoms with Crippen molar-refractivity contribution in [2.24, 2.45) is 0 Å². The minimum Gasteiger partial charge on any atom is -0.491 e. The average molecular weight is 385 g/mol. The van der Waals surface area contributed by atoms with Gasteiger partial charge in [-0.15, -0.1) is 0 Å². The van der Waals surface area contributed by atoms with Crippen molar-refractivity contribution in [1.29, 1.82) is 0 Å². The van der Waals surface area contributed by atoms with Gasteiger partial charge in [0.05, 0.1) is 29.5 Å². The fraction of sp³-hybridized carbons (Fsp3) is 0.286. The van der Waals surface area contributed by atoms with E-state index in [1.54, 1.807) is 55.5 Å². The number of hydrogen-bond donors (Lipinski definition) is 1. The van der Waals surface area contributed by atoms with Gasteiger partial charge in [-0.05, 0) is 57.2 Å². The molecule has 148 valence electrons. The molecule has 0 heterocycles. The molecule has 7 heteroatoms. The van der Waals surface area contributed by atoms with Crippen LogP contribution < -0.4 is 10.1 Å². The minimum atomic E-state index is -0.634. The van der Waals surface area contributed by atoms with Crippen LogP contribution in [0.25, 0.3) is 0 Å². The second-order valence-corrected chi connectivity index (χ2v) is 6.08. The van der Waals surface area contributed by atoms with E-state index in [4.69, 9.17) is 14.2 Å². The molecular weight excluding hydrogens is 362 g/mol. The van der Waals surface area contributed by atoms with Gasteiger partial charge in [-0.2, -0.15) is 0 Å². The Morgan fingerprint density at radius 3 is 2.25 bits per heavy atom. The van der Waals surface area contributed by atoms with Crippen LogP contribution in [0.2, 0.25) is 0 Å². The third-order valence-electron chi connectivity index (χ3n) is 3.49. The molecule has 0 aliphatic carbocycles. The number of para-hydroxylation sites is 1. The van der Waals surface area contributed by atoms with Gasteiger partial charge >= 0.3 is 11.9 Å². The molecular formula is C21H23NO6. The Morgan fingerprint density at radius 2 is 1.61 bits per heavy atom. The predicted molar refractivity (Wildman–Crippen MR) is 104 cm³/mol. The lowest BCUT2D eigenvalue weighted by atomic mass is 10.2. The van der Waals surface area contributed by atoms with Crippen molar-refractivity contribution in [2.75, 3.05) is 18.5 Å². The van der Waals surface area contributed by atoms with Gasteiger partial charge in [0.15, 0.2) is 6.61 Å². The Kier molecular flexibility index (Phi) is 7.56. The zero-order valence-corrected chi connectivity index (χ0v) is 16.1. The summed E-state index contributed by atoms with van der Waals surface area (Å²) in [6.07, 6.45) is 0.0268. The molecule has 7 nitrogen and oxygen atoms in total. The average Bonchev–Trinajstić information content (AvgIpc) is 2.67. The van der Waals surface area contributed by atoms with E-state index in [2.05, 4.69) is 5.32 Å². The molecule has 0 saturated heterocycles. The molecule has 0 unspecified atom stereocenters. The fourth-order valence-corrected chi connectivity index (χ4v) is 2.32. The first-order valence-corrected chi connectivity index (χ1v) is 8.90. The van der Waals surface area contributed by atoms with Gasteiger partial charge in [0, 0.05) is 0 Å². The quantitative estimate of drug-likeness (QED) is 0.700. The smallest absolute Gasteiger partial charge is 0.340 e. The van der Waals surface area contributed by atoms with Gasteiger partial charge in [-0.25, -0.2) is 9.59 Å². The number of benzene rings is 2. The van der Waals surface area contributed by atoms with E-state index >= 15 is 0 Å². The van der Waals surface area contributed by atoms with Crippen LogP contribution in [0.5, 0.6) is 5.75 Å². The number of amides is 1.